The third kappa shape index (κ3) is 6.70. The minimum absolute atomic E-state index is 0.118. The minimum Gasteiger partial charge on any atom is -0.407 e. The van der Waals surface area contributed by atoms with Crippen LogP contribution in [0, 0.1) is 0 Å². The standard InChI is InChI=1S/C37H50O5Si/c1-34(2,3)43(30-19-12-8-13-20-30,31-21-14-9-15-22-31)40-26-25-36(6,39-27-29-17-10-7-11-18-29)28-37-32(38)23-16-24-33(37)41-35(4,5)42-37/h7-15,17-22,32-33,38H,16,23-28H2,1-6H3/t32-,33+,36-,37-/m0/s1. The molecule has 43 heavy (non-hydrogen) atoms. The number of rotatable bonds is 11. The molecular weight excluding hydrogens is 552 g/mol. The number of aliphatic hydroxyl groups is 1. The molecule has 0 bridgehead atoms. The number of ether oxygens (including phenoxy) is 3. The van der Waals surface area contributed by atoms with E-state index >= 15 is 0 Å². The van der Waals surface area contributed by atoms with Crippen LogP contribution in [0.25, 0.3) is 0 Å². The van der Waals surface area contributed by atoms with E-state index in [9.17, 15) is 5.11 Å². The molecule has 2 fully saturated rings. The second-order valence-electron chi connectivity index (χ2n) is 14.2. The lowest BCUT2D eigenvalue weighted by Gasteiger charge is -2.47. The van der Waals surface area contributed by atoms with Crippen molar-refractivity contribution >= 4 is 18.7 Å². The molecule has 3 aromatic rings. The number of benzene rings is 3. The molecule has 0 radical (unpaired) electrons. The Labute approximate surface area is 259 Å². The highest BCUT2D eigenvalue weighted by Crippen LogP contribution is 2.50. The second-order valence-corrected chi connectivity index (χ2v) is 18.5. The Morgan fingerprint density at radius 3 is 1.95 bits per heavy atom. The van der Waals surface area contributed by atoms with Crippen molar-refractivity contribution in [3.8, 4) is 0 Å². The van der Waals surface area contributed by atoms with Gasteiger partial charge in [-0.05, 0) is 67.4 Å². The lowest BCUT2D eigenvalue weighted by molar-refractivity contribution is -0.208. The minimum atomic E-state index is -2.71. The summed E-state index contributed by atoms with van der Waals surface area (Å²) >= 11 is 0. The number of hydrogen-bond acceptors (Lipinski definition) is 5. The van der Waals surface area contributed by atoms with Crippen LogP contribution in [0.3, 0.4) is 0 Å². The quantitative estimate of drug-likeness (QED) is 0.246. The first-order chi connectivity index (χ1) is 20.4. The Morgan fingerprint density at radius 1 is 0.837 bits per heavy atom. The second kappa shape index (κ2) is 12.6. The summed E-state index contributed by atoms with van der Waals surface area (Å²) in [5.41, 5.74) is -0.351. The third-order valence-corrected chi connectivity index (χ3v) is 14.4. The van der Waals surface area contributed by atoms with Crippen LogP contribution >= 0.6 is 0 Å². The van der Waals surface area contributed by atoms with Crippen molar-refractivity contribution in [3.63, 3.8) is 0 Å². The van der Waals surface area contributed by atoms with Crippen LogP contribution < -0.4 is 10.4 Å². The van der Waals surface area contributed by atoms with Gasteiger partial charge in [0.25, 0.3) is 8.32 Å². The van der Waals surface area contributed by atoms with Gasteiger partial charge in [0.2, 0.25) is 0 Å². The van der Waals surface area contributed by atoms with E-state index in [4.69, 9.17) is 18.6 Å². The molecule has 1 N–H and O–H groups in total. The molecular formula is C37H50O5Si. The SMILES string of the molecule is CC1(C)O[C@@H]2CCC[C@H](O)[C@]2(C[C@](C)(CCO[Si](c2ccccc2)(c2ccccc2)C(C)(C)C)OCc2ccccc2)O1. The highest BCUT2D eigenvalue weighted by Gasteiger charge is 2.61. The maximum Gasteiger partial charge on any atom is 0.261 e. The fourth-order valence-corrected chi connectivity index (χ4v) is 12.0. The Kier molecular flexibility index (Phi) is 9.39. The summed E-state index contributed by atoms with van der Waals surface area (Å²) < 4.78 is 27.2. The van der Waals surface area contributed by atoms with Gasteiger partial charge in [-0.15, -0.1) is 0 Å². The molecule has 1 saturated heterocycles. The van der Waals surface area contributed by atoms with Gasteiger partial charge in [-0.1, -0.05) is 112 Å². The lowest BCUT2D eigenvalue weighted by atomic mass is 9.73. The Hall–Kier alpha value is -2.32. The normalized spacial score (nSPS) is 25.2. The molecule has 3 aromatic carbocycles. The van der Waals surface area contributed by atoms with E-state index in [1.807, 2.05) is 32.0 Å². The van der Waals surface area contributed by atoms with E-state index in [2.05, 4.69) is 100 Å². The summed E-state index contributed by atoms with van der Waals surface area (Å²) in [4.78, 5) is 0. The first kappa shape index (κ1) is 32.1. The largest absolute Gasteiger partial charge is 0.407 e. The van der Waals surface area contributed by atoms with E-state index in [1.165, 1.54) is 10.4 Å². The average molecular weight is 603 g/mol. The van der Waals surface area contributed by atoms with E-state index in [-0.39, 0.29) is 11.1 Å². The molecule has 0 unspecified atom stereocenters. The maximum atomic E-state index is 11.5. The van der Waals surface area contributed by atoms with Crippen LogP contribution in [0.4, 0.5) is 0 Å². The van der Waals surface area contributed by atoms with E-state index in [1.54, 1.807) is 0 Å². The zero-order valence-corrected chi connectivity index (χ0v) is 27.8. The van der Waals surface area contributed by atoms with Gasteiger partial charge in [-0.25, -0.2) is 0 Å². The third-order valence-electron chi connectivity index (χ3n) is 9.36. The summed E-state index contributed by atoms with van der Waals surface area (Å²) in [7, 11) is -2.71. The van der Waals surface area contributed by atoms with E-state index in [0.29, 0.717) is 32.5 Å². The molecule has 1 aliphatic heterocycles. The van der Waals surface area contributed by atoms with Crippen molar-refractivity contribution in [1.29, 1.82) is 0 Å². The van der Waals surface area contributed by atoms with E-state index in [0.717, 1.165) is 18.4 Å². The van der Waals surface area contributed by atoms with Crippen LogP contribution in [0.1, 0.15) is 79.2 Å². The molecule has 2 aliphatic rings. The maximum absolute atomic E-state index is 11.5. The van der Waals surface area contributed by atoms with E-state index < -0.39 is 31.4 Å². The Balaban J connectivity index is 1.47. The molecule has 0 spiro atoms. The van der Waals surface area contributed by atoms with Crippen LogP contribution in [-0.4, -0.2) is 49.2 Å². The first-order valence-corrected chi connectivity index (χ1v) is 17.8. The highest BCUT2D eigenvalue weighted by molar-refractivity contribution is 6.99. The number of hydrogen-bond donors (Lipinski definition) is 1. The Bertz CT molecular complexity index is 1270. The molecule has 5 rings (SSSR count). The smallest absolute Gasteiger partial charge is 0.261 e. The summed E-state index contributed by atoms with van der Waals surface area (Å²) in [6, 6.07) is 31.8. The van der Waals surface area contributed by atoms with Crippen LogP contribution in [0.15, 0.2) is 91.0 Å². The van der Waals surface area contributed by atoms with Gasteiger partial charge in [-0.2, -0.15) is 0 Å². The number of fused-ring (bicyclic) bond motifs is 1. The van der Waals surface area contributed by atoms with Gasteiger partial charge in [0.1, 0.15) is 5.60 Å². The van der Waals surface area contributed by atoms with Crippen molar-refractivity contribution in [2.24, 2.45) is 0 Å². The fourth-order valence-electron chi connectivity index (χ4n) is 7.39. The van der Waals surface area contributed by atoms with Gasteiger partial charge in [0.05, 0.1) is 24.4 Å². The zero-order chi connectivity index (χ0) is 30.8. The summed E-state index contributed by atoms with van der Waals surface area (Å²) in [5, 5.41) is 13.9. The van der Waals surface area contributed by atoms with Gasteiger partial charge in [0, 0.05) is 13.0 Å². The topological polar surface area (TPSA) is 57.2 Å². The van der Waals surface area contributed by atoms with Crippen molar-refractivity contribution < 1.29 is 23.7 Å². The van der Waals surface area contributed by atoms with Crippen LogP contribution in [-0.2, 0) is 25.2 Å². The monoisotopic (exact) mass is 602 g/mol. The zero-order valence-electron chi connectivity index (χ0n) is 26.8. The summed E-state index contributed by atoms with van der Waals surface area (Å²) in [6.07, 6.45) is 2.86. The van der Waals surface area contributed by atoms with Gasteiger partial charge in [-0.3, -0.25) is 0 Å². The van der Waals surface area contributed by atoms with Gasteiger partial charge in [0.15, 0.2) is 5.79 Å². The van der Waals surface area contributed by atoms with Crippen molar-refractivity contribution in [2.45, 2.75) is 114 Å². The summed E-state index contributed by atoms with van der Waals surface area (Å²) in [6.45, 7) is 14.0. The predicted octanol–water partition coefficient (Wildman–Crippen LogP) is 6.75. The van der Waals surface area contributed by atoms with Gasteiger partial charge >= 0.3 is 0 Å². The molecule has 1 heterocycles. The Morgan fingerprint density at radius 2 is 1.40 bits per heavy atom. The first-order valence-electron chi connectivity index (χ1n) is 15.9. The molecule has 232 valence electrons. The fraction of sp³-hybridized carbons (Fsp3) is 0.514. The van der Waals surface area contributed by atoms with Crippen molar-refractivity contribution in [2.75, 3.05) is 6.61 Å². The van der Waals surface area contributed by atoms with Crippen LogP contribution in [0.5, 0.6) is 0 Å². The highest BCUT2D eigenvalue weighted by atomic mass is 28.4. The van der Waals surface area contributed by atoms with Crippen molar-refractivity contribution in [1.82, 2.24) is 0 Å². The molecule has 1 saturated carbocycles. The van der Waals surface area contributed by atoms with Crippen molar-refractivity contribution in [3.05, 3.63) is 96.6 Å². The summed E-state index contributed by atoms with van der Waals surface area (Å²) in [5.74, 6) is -0.762. The van der Waals surface area contributed by atoms with Gasteiger partial charge < -0.3 is 23.7 Å². The number of aliphatic hydroxyl groups excluding tert-OH is 1. The molecule has 0 aromatic heterocycles. The molecule has 5 nitrogen and oxygen atoms in total. The molecule has 0 amide bonds. The predicted molar refractivity (Wildman–Crippen MR) is 175 cm³/mol. The van der Waals surface area contributed by atoms with Crippen LogP contribution in [0.2, 0.25) is 5.04 Å². The lowest BCUT2D eigenvalue weighted by Crippen LogP contribution is -2.66. The average Bonchev–Trinajstić information content (AvgIpc) is 3.26. The molecule has 4 atom stereocenters. The molecule has 6 heteroatoms. The molecule has 1 aliphatic carbocycles.